The fourth-order valence-corrected chi connectivity index (χ4v) is 3.23. The smallest absolute Gasteiger partial charge is 0.293 e. The van der Waals surface area contributed by atoms with Gasteiger partial charge in [-0.2, -0.15) is 0 Å². The number of piperazine rings is 1. The molecule has 1 saturated heterocycles. The van der Waals surface area contributed by atoms with Gasteiger partial charge in [-0.25, -0.2) is 0 Å². The summed E-state index contributed by atoms with van der Waals surface area (Å²) in [7, 11) is 3.62. The second kappa shape index (κ2) is 9.93. The molecule has 0 aromatic heterocycles. The van der Waals surface area contributed by atoms with E-state index in [4.69, 9.17) is 9.47 Å². The molecule has 0 radical (unpaired) electrons. The number of nitrogens with one attached hydrogen (secondary N) is 1. The lowest BCUT2D eigenvalue weighted by molar-refractivity contribution is -0.384. The molecular formula is C21H26N4O5. The van der Waals surface area contributed by atoms with Crippen LogP contribution in [0.5, 0.6) is 11.5 Å². The Hall–Kier alpha value is -3.33. The monoisotopic (exact) mass is 414 g/mol. The van der Waals surface area contributed by atoms with Crippen LogP contribution in [0.3, 0.4) is 0 Å². The molecule has 1 aliphatic heterocycles. The second-order valence-corrected chi connectivity index (χ2v) is 7.03. The number of rotatable bonds is 8. The largest absolute Gasteiger partial charge is 0.497 e. The van der Waals surface area contributed by atoms with Crippen LogP contribution in [0.1, 0.15) is 10.4 Å². The van der Waals surface area contributed by atoms with E-state index in [0.29, 0.717) is 24.5 Å². The highest BCUT2D eigenvalue weighted by atomic mass is 16.6. The Kier molecular flexibility index (Phi) is 7.08. The number of anilines is 1. The van der Waals surface area contributed by atoms with E-state index >= 15 is 0 Å². The summed E-state index contributed by atoms with van der Waals surface area (Å²) in [5.41, 5.74) is 0.748. The Labute approximate surface area is 175 Å². The summed E-state index contributed by atoms with van der Waals surface area (Å²) in [6, 6.07) is 11.8. The van der Waals surface area contributed by atoms with Crippen molar-refractivity contribution in [3.05, 3.63) is 58.1 Å². The highest BCUT2D eigenvalue weighted by molar-refractivity contribution is 5.95. The topological polar surface area (TPSA) is 97.2 Å². The second-order valence-electron chi connectivity index (χ2n) is 7.03. The van der Waals surface area contributed by atoms with Crippen LogP contribution in [-0.4, -0.2) is 69.2 Å². The molecule has 1 N–H and O–H groups in total. The van der Waals surface area contributed by atoms with E-state index in [1.807, 2.05) is 11.9 Å². The number of nitrogens with zero attached hydrogens (tertiary/aromatic N) is 3. The third-order valence-electron chi connectivity index (χ3n) is 4.99. The van der Waals surface area contributed by atoms with Crippen LogP contribution < -0.4 is 19.7 Å². The Morgan fingerprint density at radius 3 is 2.40 bits per heavy atom. The molecule has 1 aliphatic rings. The molecule has 3 rings (SSSR count). The fourth-order valence-electron chi connectivity index (χ4n) is 3.23. The van der Waals surface area contributed by atoms with Crippen molar-refractivity contribution in [1.29, 1.82) is 0 Å². The number of amides is 1. The van der Waals surface area contributed by atoms with E-state index in [-0.39, 0.29) is 30.3 Å². The molecule has 0 atom stereocenters. The zero-order chi connectivity index (χ0) is 21.5. The molecule has 0 aliphatic carbocycles. The molecule has 30 heavy (non-hydrogen) atoms. The number of hydrogen-bond donors (Lipinski definition) is 1. The van der Waals surface area contributed by atoms with E-state index in [9.17, 15) is 14.9 Å². The molecule has 160 valence electrons. The van der Waals surface area contributed by atoms with Crippen LogP contribution in [0, 0.1) is 10.1 Å². The van der Waals surface area contributed by atoms with Gasteiger partial charge in [-0.15, -0.1) is 0 Å². The first-order valence-corrected chi connectivity index (χ1v) is 9.75. The Bertz CT molecular complexity index is 879. The lowest BCUT2D eigenvalue weighted by Gasteiger charge is -2.33. The molecule has 9 nitrogen and oxygen atoms in total. The van der Waals surface area contributed by atoms with Crippen molar-refractivity contribution in [2.75, 3.05) is 58.4 Å². The first-order valence-electron chi connectivity index (χ1n) is 9.75. The summed E-state index contributed by atoms with van der Waals surface area (Å²) in [6.07, 6.45) is 0. The highest BCUT2D eigenvalue weighted by Gasteiger charge is 2.24. The average molecular weight is 414 g/mol. The van der Waals surface area contributed by atoms with Crippen molar-refractivity contribution in [3.8, 4) is 11.5 Å². The van der Waals surface area contributed by atoms with Gasteiger partial charge >= 0.3 is 0 Å². The van der Waals surface area contributed by atoms with Crippen molar-refractivity contribution in [2.45, 2.75) is 0 Å². The summed E-state index contributed by atoms with van der Waals surface area (Å²) >= 11 is 0. The van der Waals surface area contributed by atoms with Crippen LogP contribution >= 0.6 is 0 Å². The number of nitro groups is 1. The zero-order valence-corrected chi connectivity index (χ0v) is 17.2. The van der Waals surface area contributed by atoms with Gasteiger partial charge in [0.05, 0.1) is 18.6 Å². The molecule has 1 amide bonds. The number of carbonyl (C=O) groups excluding carboxylic acids is 1. The van der Waals surface area contributed by atoms with Gasteiger partial charge in [-0.3, -0.25) is 14.9 Å². The average Bonchev–Trinajstić information content (AvgIpc) is 2.77. The van der Waals surface area contributed by atoms with Crippen molar-refractivity contribution >= 4 is 17.3 Å². The molecule has 1 heterocycles. The van der Waals surface area contributed by atoms with Crippen LogP contribution in [0.15, 0.2) is 42.5 Å². The van der Waals surface area contributed by atoms with E-state index in [0.717, 1.165) is 18.8 Å². The van der Waals surface area contributed by atoms with Crippen LogP contribution in [-0.2, 0) is 0 Å². The van der Waals surface area contributed by atoms with Gasteiger partial charge < -0.3 is 24.6 Å². The number of carbonyl (C=O) groups is 1. The molecule has 9 heteroatoms. The van der Waals surface area contributed by atoms with E-state index in [2.05, 4.69) is 10.2 Å². The van der Waals surface area contributed by atoms with Crippen LogP contribution in [0.2, 0.25) is 0 Å². The zero-order valence-electron chi connectivity index (χ0n) is 17.2. The Morgan fingerprint density at radius 2 is 1.77 bits per heavy atom. The summed E-state index contributed by atoms with van der Waals surface area (Å²) in [5, 5.41) is 14.3. The lowest BCUT2D eigenvalue weighted by Crippen LogP contribution is -2.44. The maximum absolute atomic E-state index is 12.4. The van der Waals surface area contributed by atoms with Crippen LogP contribution in [0.25, 0.3) is 0 Å². The minimum Gasteiger partial charge on any atom is -0.497 e. The number of ether oxygens (including phenoxy) is 2. The van der Waals surface area contributed by atoms with Gasteiger partial charge in [0.1, 0.15) is 23.8 Å². The highest BCUT2D eigenvalue weighted by Crippen LogP contribution is 2.30. The normalized spacial score (nSPS) is 14.3. The Balaban J connectivity index is 1.57. The number of hydrogen-bond acceptors (Lipinski definition) is 7. The Morgan fingerprint density at radius 1 is 1.10 bits per heavy atom. The molecule has 0 saturated carbocycles. The number of likely N-dealkylation sites (N-methyl/N-ethyl adjacent to an activating group) is 1. The predicted octanol–water partition coefficient (Wildman–Crippen LogP) is 2.16. The van der Waals surface area contributed by atoms with Gasteiger partial charge in [0.25, 0.3) is 11.6 Å². The summed E-state index contributed by atoms with van der Waals surface area (Å²) in [6.45, 7) is 3.66. The van der Waals surface area contributed by atoms with Gasteiger partial charge in [-0.05, 0) is 43.4 Å². The molecule has 0 spiro atoms. The van der Waals surface area contributed by atoms with Crippen molar-refractivity contribution < 1.29 is 19.2 Å². The van der Waals surface area contributed by atoms with Gasteiger partial charge in [0, 0.05) is 37.8 Å². The van der Waals surface area contributed by atoms with E-state index < -0.39 is 4.92 Å². The quantitative estimate of drug-likeness (QED) is 0.402. The van der Waals surface area contributed by atoms with Crippen molar-refractivity contribution in [1.82, 2.24) is 10.2 Å². The summed E-state index contributed by atoms with van der Waals surface area (Å²) < 4.78 is 10.7. The van der Waals surface area contributed by atoms with Crippen molar-refractivity contribution in [3.63, 3.8) is 0 Å². The molecule has 0 bridgehead atoms. The summed E-state index contributed by atoms with van der Waals surface area (Å²) in [5.74, 6) is 1.02. The van der Waals surface area contributed by atoms with E-state index in [1.165, 1.54) is 6.07 Å². The molecule has 1 fully saturated rings. The number of benzene rings is 2. The van der Waals surface area contributed by atoms with Crippen molar-refractivity contribution in [2.24, 2.45) is 0 Å². The molecule has 0 unspecified atom stereocenters. The van der Waals surface area contributed by atoms with Gasteiger partial charge in [0.15, 0.2) is 0 Å². The maximum atomic E-state index is 12.4. The predicted molar refractivity (Wildman–Crippen MR) is 114 cm³/mol. The fraction of sp³-hybridized carbons (Fsp3) is 0.381. The first kappa shape index (κ1) is 21.4. The number of nitro benzene ring substituents is 1. The maximum Gasteiger partial charge on any atom is 0.293 e. The summed E-state index contributed by atoms with van der Waals surface area (Å²) in [4.78, 5) is 27.7. The third kappa shape index (κ3) is 5.38. The molecule has 2 aromatic rings. The minimum atomic E-state index is -0.433. The molecule has 2 aromatic carbocycles. The number of methoxy groups -OCH3 is 1. The van der Waals surface area contributed by atoms with Gasteiger partial charge in [-0.1, -0.05) is 0 Å². The lowest BCUT2D eigenvalue weighted by atomic mass is 10.1. The van der Waals surface area contributed by atoms with Crippen LogP contribution in [0.4, 0.5) is 11.4 Å². The standard InChI is InChI=1S/C21H26N4O5/c1-23-10-12-24(13-11-23)19-8-3-16(15-20(19)25(27)28)21(26)22-9-14-30-18-6-4-17(29-2)5-7-18/h3-8,15H,9-14H2,1-2H3,(H,22,26). The SMILES string of the molecule is COc1ccc(OCCNC(=O)c2ccc(N3CCN(C)CC3)c([N+](=O)[O-])c2)cc1. The van der Waals surface area contributed by atoms with Gasteiger partial charge in [0.2, 0.25) is 0 Å². The third-order valence-corrected chi connectivity index (χ3v) is 4.99. The van der Waals surface area contributed by atoms with E-state index in [1.54, 1.807) is 43.5 Å². The first-order chi connectivity index (χ1) is 14.5. The minimum absolute atomic E-state index is 0.0540. The molecular weight excluding hydrogens is 388 g/mol.